The third-order valence-corrected chi connectivity index (χ3v) is 3.64. The number of carbonyl (C=O) groups excluding carboxylic acids is 1. The molecule has 0 spiro atoms. The number of benzene rings is 1. The number of anilines is 1. The predicted molar refractivity (Wildman–Crippen MR) is 78.4 cm³/mol. The van der Waals surface area contributed by atoms with Gasteiger partial charge >= 0.3 is 0 Å². The third-order valence-electron chi connectivity index (χ3n) is 3.64. The van der Waals surface area contributed by atoms with Crippen LogP contribution in [0.5, 0.6) is 0 Å². The highest BCUT2D eigenvalue weighted by Crippen LogP contribution is 2.25. The summed E-state index contributed by atoms with van der Waals surface area (Å²) in [6.45, 7) is 5.11. The summed E-state index contributed by atoms with van der Waals surface area (Å²) in [6, 6.07) is 4.96. The Balaban J connectivity index is 2.02. The largest absolute Gasteiger partial charge is 0.340 e. The Morgan fingerprint density at radius 1 is 1.38 bits per heavy atom. The van der Waals surface area contributed by atoms with Crippen LogP contribution in [-0.2, 0) is 11.3 Å². The molecule has 1 amide bonds. The van der Waals surface area contributed by atoms with E-state index in [4.69, 9.17) is 5.84 Å². The monoisotopic (exact) mass is 293 g/mol. The Morgan fingerprint density at radius 3 is 2.57 bits per heavy atom. The Labute approximate surface area is 122 Å². The summed E-state index contributed by atoms with van der Waals surface area (Å²) >= 11 is 0. The second kappa shape index (κ2) is 6.51. The smallest absolute Gasteiger partial charge is 0.293 e. The van der Waals surface area contributed by atoms with Crippen LogP contribution in [0.2, 0.25) is 0 Å². The van der Waals surface area contributed by atoms with Crippen LogP contribution in [0.25, 0.3) is 0 Å². The second-order valence-corrected chi connectivity index (χ2v) is 5.04. The van der Waals surface area contributed by atoms with Gasteiger partial charge in [-0.3, -0.25) is 25.7 Å². The van der Waals surface area contributed by atoms with Gasteiger partial charge < -0.3 is 10.3 Å². The van der Waals surface area contributed by atoms with Crippen molar-refractivity contribution in [2.24, 2.45) is 5.84 Å². The van der Waals surface area contributed by atoms with Crippen molar-refractivity contribution in [1.29, 1.82) is 0 Å². The van der Waals surface area contributed by atoms with Gasteiger partial charge in [0.15, 0.2) is 0 Å². The molecule has 1 aliphatic heterocycles. The van der Waals surface area contributed by atoms with Gasteiger partial charge in [-0.1, -0.05) is 6.07 Å². The van der Waals surface area contributed by atoms with Crippen molar-refractivity contribution in [3.05, 3.63) is 33.9 Å². The quantitative estimate of drug-likeness (QED) is 0.477. The summed E-state index contributed by atoms with van der Waals surface area (Å²) in [5, 5.41) is 11.0. The number of nitrogens with one attached hydrogen (secondary N) is 1. The van der Waals surface area contributed by atoms with Gasteiger partial charge in [-0.2, -0.15) is 0 Å². The van der Waals surface area contributed by atoms with Gasteiger partial charge in [-0.15, -0.1) is 0 Å². The number of amides is 1. The Kier molecular flexibility index (Phi) is 4.71. The van der Waals surface area contributed by atoms with Crippen LogP contribution in [0.4, 0.5) is 11.4 Å². The Hall–Kier alpha value is -2.19. The van der Waals surface area contributed by atoms with Crippen LogP contribution < -0.4 is 11.3 Å². The number of rotatable bonds is 4. The van der Waals surface area contributed by atoms with Crippen LogP contribution in [0.3, 0.4) is 0 Å². The first kappa shape index (κ1) is 15.2. The highest BCUT2D eigenvalue weighted by Gasteiger charge is 2.20. The Bertz CT molecular complexity index is 541. The molecule has 0 aromatic heterocycles. The molecule has 0 radical (unpaired) electrons. The van der Waals surface area contributed by atoms with E-state index in [2.05, 4.69) is 10.3 Å². The van der Waals surface area contributed by atoms with Crippen molar-refractivity contribution in [3.8, 4) is 0 Å². The zero-order valence-electron chi connectivity index (χ0n) is 11.9. The number of piperazine rings is 1. The first-order chi connectivity index (χ1) is 10.0. The molecular weight excluding hydrogens is 274 g/mol. The number of nitrogen functional groups attached to an aromatic ring is 1. The molecule has 0 atom stereocenters. The minimum absolute atomic E-state index is 0.0302. The van der Waals surface area contributed by atoms with E-state index in [1.54, 1.807) is 17.9 Å². The molecule has 1 aromatic rings. The van der Waals surface area contributed by atoms with Crippen LogP contribution in [-0.4, -0.2) is 46.8 Å². The average molecular weight is 293 g/mol. The van der Waals surface area contributed by atoms with Gasteiger partial charge in [0.05, 0.1) is 4.92 Å². The number of nitrogens with two attached hydrogens (primary N) is 1. The summed E-state index contributed by atoms with van der Waals surface area (Å²) in [7, 11) is 0. The van der Waals surface area contributed by atoms with E-state index < -0.39 is 4.92 Å². The summed E-state index contributed by atoms with van der Waals surface area (Å²) in [5.74, 6) is 5.35. The molecule has 21 heavy (non-hydrogen) atoms. The van der Waals surface area contributed by atoms with Crippen LogP contribution in [0.15, 0.2) is 18.2 Å². The van der Waals surface area contributed by atoms with Crippen LogP contribution >= 0.6 is 0 Å². The highest BCUT2D eigenvalue weighted by atomic mass is 16.6. The number of carbonyl (C=O) groups is 1. The van der Waals surface area contributed by atoms with Crippen molar-refractivity contribution in [1.82, 2.24) is 9.80 Å². The molecule has 1 aliphatic rings. The number of hydrazine groups is 1. The van der Waals surface area contributed by atoms with E-state index in [-0.39, 0.29) is 11.6 Å². The molecular formula is C13H19N5O3. The number of hydrogen-bond donors (Lipinski definition) is 2. The van der Waals surface area contributed by atoms with Gasteiger partial charge in [0, 0.05) is 45.7 Å². The first-order valence-electron chi connectivity index (χ1n) is 6.73. The van der Waals surface area contributed by atoms with Crippen molar-refractivity contribution in [3.63, 3.8) is 0 Å². The molecule has 3 N–H and O–H groups in total. The molecule has 0 unspecified atom stereocenters. The number of nitrogens with zero attached hydrogens (tertiary/aromatic N) is 3. The zero-order chi connectivity index (χ0) is 15.4. The lowest BCUT2D eigenvalue weighted by atomic mass is 10.1. The fraction of sp³-hybridized carbons (Fsp3) is 0.462. The topological polar surface area (TPSA) is 105 Å². The SMILES string of the molecule is CC(=O)N1CCN(Cc2ccc(NN)c([N+](=O)[O-])c2)CC1. The molecule has 8 nitrogen and oxygen atoms in total. The van der Waals surface area contributed by atoms with Gasteiger partial charge in [-0.25, -0.2) is 0 Å². The van der Waals surface area contributed by atoms with Crippen LogP contribution in [0.1, 0.15) is 12.5 Å². The lowest BCUT2D eigenvalue weighted by molar-refractivity contribution is -0.384. The van der Waals surface area contributed by atoms with Gasteiger partial charge in [0.1, 0.15) is 5.69 Å². The molecule has 1 heterocycles. The maximum absolute atomic E-state index is 11.3. The van der Waals surface area contributed by atoms with Gasteiger partial charge in [0.2, 0.25) is 5.91 Å². The molecule has 2 rings (SSSR count). The predicted octanol–water partition coefficient (Wildman–Crippen LogP) is 0.545. The molecule has 8 heteroatoms. The standard InChI is InChI=1S/C13H19N5O3/c1-10(19)17-6-4-16(5-7-17)9-11-2-3-12(15-14)13(8-11)18(20)21/h2-3,8,15H,4-7,9,14H2,1H3. The zero-order valence-corrected chi connectivity index (χ0v) is 11.9. The summed E-state index contributed by atoms with van der Waals surface area (Å²) < 4.78 is 0. The van der Waals surface area contributed by atoms with E-state index in [1.807, 2.05) is 6.07 Å². The molecule has 1 fully saturated rings. The van der Waals surface area contributed by atoms with Gasteiger partial charge in [0.25, 0.3) is 5.69 Å². The van der Waals surface area contributed by atoms with E-state index >= 15 is 0 Å². The fourth-order valence-corrected chi connectivity index (χ4v) is 2.43. The third kappa shape index (κ3) is 3.67. The molecule has 0 bridgehead atoms. The van der Waals surface area contributed by atoms with Crippen molar-refractivity contribution < 1.29 is 9.72 Å². The van der Waals surface area contributed by atoms with E-state index in [0.717, 1.165) is 18.7 Å². The van der Waals surface area contributed by atoms with Crippen molar-refractivity contribution in [2.75, 3.05) is 31.6 Å². The molecule has 0 aliphatic carbocycles. The van der Waals surface area contributed by atoms with Crippen LogP contribution in [0, 0.1) is 10.1 Å². The summed E-state index contributed by atoms with van der Waals surface area (Å²) in [6.07, 6.45) is 0. The minimum atomic E-state index is -0.452. The molecule has 114 valence electrons. The first-order valence-corrected chi connectivity index (χ1v) is 6.73. The van der Waals surface area contributed by atoms with E-state index in [1.165, 1.54) is 6.07 Å². The number of nitro benzene ring substituents is 1. The number of nitro groups is 1. The van der Waals surface area contributed by atoms with Crippen molar-refractivity contribution in [2.45, 2.75) is 13.5 Å². The van der Waals surface area contributed by atoms with E-state index in [9.17, 15) is 14.9 Å². The molecule has 1 aromatic carbocycles. The lowest BCUT2D eigenvalue weighted by Crippen LogP contribution is -2.47. The maximum Gasteiger partial charge on any atom is 0.293 e. The summed E-state index contributed by atoms with van der Waals surface area (Å²) in [5.41, 5.74) is 3.45. The number of hydrogen-bond acceptors (Lipinski definition) is 6. The molecule has 1 saturated heterocycles. The van der Waals surface area contributed by atoms with Gasteiger partial charge in [-0.05, 0) is 11.6 Å². The van der Waals surface area contributed by atoms with E-state index in [0.29, 0.717) is 25.3 Å². The fourth-order valence-electron chi connectivity index (χ4n) is 2.43. The average Bonchev–Trinajstić information content (AvgIpc) is 2.47. The minimum Gasteiger partial charge on any atom is -0.340 e. The lowest BCUT2D eigenvalue weighted by Gasteiger charge is -2.34. The maximum atomic E-state index is 11.3. The normalized spacial score (nSPS) is 15.8. The summed E-state index contributed by atoms with van der Waals surface area (Å²) in [4.78, 5) is 25.8. The highest BCUT2D eigenvalue weighted by molar-refractivity contribution is 5.73. The Morgan fingerprint density at radius 2 is 2.05 bits per heavy atom. The molecule has 0 saturated carbocycles. The second-order valence-electron chi connectivity index (χ2n) is 5.04. The van der Waals surface area contributed by atoms with Crippen molar-refractivity contribution >= 4 is 17.3 Å².